The molecule has 3 N–H and O–H groups in total. The molecule has 1 atom stereocenters. The molecule has 1 unspecified atom stereocenters. The molecule has 0 radical (unpaired) electrons. The van der Waals surface area contributed by atoms with Crippen molar-refractivity contribution in [2.45, 2.75) is 45.1 Å². The molecule has 1 aromatic heterocycles. The van der Waals surface area contributed by atoms with E-state index < -0.39 is 0 Å². The quantitative estimate of drug-likeness (QED) is 0.876. The minimum Gasteiger partial charge on any atom is -0.344 e. The molecule has 0 spiro atoms. The zero-order valence-corrected chi connectivity index (χ0v) is 11.8. The van der Waals surface area contributed by atoms with E-state index in [0.717, 1.165) is 36.4 Å². The van der Waals surface area contributed by atoms with Crippen LogP contribution in [0.25, 0.3) is 0 Å². The normalized spacial score (nSPS) is 19.7. The van der Waals surface area contributed by atoms with Crippen LogP contribution in [-0.4, -0.2) is 17.4 Å². The van der Waals surface area contributed by atoms with Crippen LogP contribution in [0.3, 0.4) is 0 Å². The lowest BCUT2D eigenvalue weighted by molar-refractivity contribution is -0.126. The second-order valence-electron chi connectivity index (χ2n) is 5.21. The first-order valence-electron chi connectivity index (χ1n) is 6.52. The van der Waals surface area contributed by atoms with Gasteiger partial charge in [0.05, 0.1) is 5.54 Å². The Hall–Kier alpha value is -0.940. The lowest BCUT2D eigenvalue weighted by Gasteiger charge is -2.29. The average Bonchev–Trinajstić information content (AvgIpc) is 2.98. The fourth-order valence-electron chi connectivity index (χ4n) is 2.41. The molecule has 1 aromatic rings. The van der Waals surface area contributed by atoms with Crippen LogP contribution in [0.1, 0.15) is 43.3 Å². The summed E-state index contributed by atoms with van der Waals surface area (Å²) in [5, 5.41) is 6.30. The molecule has 1 aliphatic rings. The molecule has 1 fully saturated rings. The molecule has 5 heteroatoms. The smallest absolute Gasteiger partial charge is 0.224 e. The number of nitrogens with two attached hydrogens (primary N) is 1. The number of hydrogen-bond donors (Lipinski definition) is 2. The van der Waals surface area contributed by atoms with Gasteiger partial charge in [-0.3, -0.25) is 4.79 Å². The Kier molecular flexibility index (Phi) is 4.02. The number of aromatic nitrogens is 1. The van der Waals surface area contributed by atoms with Crippen molar-refractivity contribution in [2.75, 3.05) is 6.54 Å². The zero-order valence-electron chi connectivity index (χ0n) is 11.0. The third-order valence-corrected chi connectivity index (χ3v) is 4.81. The molecular weight excluding hydrogens is 246 g/mol. The van der Waals surface area contributed by atoms with Crippen LogP contribution in [-0.2, 0) is 10.3 Å². The van der Waals surface area contributed by atoms with Crippen molar-refractivity contribution in [1.29, 1.82) is 0 Å². The second-order valence-corrected chi connectivity index (χ2v) is 6.07. The third kappa shape index (κ3) is 2.57. The average molecular weight is 267 g/mol. The van der Waals surface area contributed by atoms with Crippen molar-refractivity contribution < 1.29 is 4.79 Å². The van der Waals surface area contributed by atoms with Crippen LogP contribution in [0, 0.1) is 12.8 Å². The zero-order chi connectivity index (χ0) is 13.2. The Morgan fingerprint density at radius 3 is 2.78 bits per heavy atom. The van der Waals surface area contributed by atoms with E-state index in [9.17, 15) is 4.79 Å². The van der Waals surface area contributed by atoms with E-state index in [1.54, 1.807) is 11.3 Å². The lowest BCUT2D eigenvalue weighted by atomic mass is 9.97. The molecule has 1 heterocycles. The number of aryl methyl sites for hydroxylation is 1. The van der Waals surface area contributed by atoms with Crippen molar-refractivity contribution in [3.05, 3.63) is 16.1 Å². The van der Waals surface area contributed by atoms with E-state index in [1.165, 1.54) is 0 Å². The summed E-state index contributed by atoms with van der Waals surface area (Å²) in [5.74, 6) is -0.0872. The summed E-state index contributed by atoms with van der Waals surface area (Å²) in [6, 6.07) is 0. The number of carbonyl (C=O) groups is 1. The first-order valence-corrected chi connectivity index (χ1v) is 7.40. The minimum absolute atomic E-state index is 0.0484. The van der Waals surface area contributed by atoms with Gasteiger partial charge in [-0.1, -0.05) is 19.8 Å². The van der Waals surface area contributed by atoms with Gasteiger partial charge in [-0.05, 0) is 19.8 Å². The van der Waals surface area contributed by atoms with Gasteiger partial charge in [0.1, 0.15) is 5.01 Å². The van der Waals surface area contributed by atoms with Crippen molar-refractivity contribution in [2.24, 2.45) is 11.7 Å². The van der Waals surface area contributed by atoms with Crippen LogP contribution < -0.4 is 11.1 Å². The Bertz CT molecular complexity index is 424. The standard InChI is InChI=1S/C13H21N3OS/c1-9(7-14)11(17)16-13(5-3-4-6-13)12-15-10(2)8-18-12/h8-9H,3-7,14H2,1-2H3,(H,16,17). The Balaban J connectivity index is 2.20. The number of carbonyl (C=O) groups excluding carboxylic acids is 1. The molecule has 100 valence electrons. The van der Waals surface area contributed by atoms with Gasteiger partial charge in [0.15, 0.2) is 0 Å². The van der Waals surface area contributed by atoms with Crippen molar-refractivity contribution >= 4 is 17.2 Å². The van der Waals surface area contributed by atoms with Gasteiger partial charge in [-0.2, -0.15) is 0 Å². The van der Waals surface area contributed by atoms with Gasteiger partial charge in [0.25, 0.3) is 0 Å². The summed E-state index contributed by atoms with van der Waals surface area (Å²) in [6.45, 7) is 4.25. The number of hydrogen-bond acceptors (Lipinski definition) is 4. The first kappa shape index (κ1) is 13.5. The highest BCUT2D eigenvalue weighted by Crippen LogP contribution is 2.40. The summed E-state index contributed by atoms with van der Waals surface area (Å²) < 4.78 is 0. The van der Waals surface area contributed by atoms with Crippen molar-refractivity contribution in [1.82, 2.24) is 10.3 Å². The predicted molar refractivity (Wildman–Crippen MR) is 73.4 cm³/mol. The number of nitrogens with one attached hydrogen (secondary N) is 1. The summed E-state index contributed by atoms with van der Waals surface area (Å²) in [4.78, 5) is 16.7. The van der Waals surface area contributed by atoms with Crippen molar-refractivity contribution in [3.8, 4) is 0 Å². The highest BCUT2D eigenvalue weighted by Gasteiger charge is 2.40. The third-order valence-electron chi connectivity index (χ3n) is 3.65. The van der Waals surface area contributed by atoms with Crippen LogP contribution in [0.2, 0.25) is 0 Å². The largest absolute Gasteiger partial charge is 0.344 e. The highest BCUT2D eigenvalue weighted by molar-refractivity contribution is 7.09. The maximum Gasteiger partial charge on any atom is 0.224 e. The fraction of sp³-hybridized carbons (Fsp3) is 0.692. The highest BCUT2D eigenvalue weighted by atomic mass is 32.1. The molecule has 0 saturated heterocycles. The first-order chi connectivity index (χ1) is 8.57. The number of amides is 1. The SMILES string of the molecule is Cc1csc(C2(NC(=O)C(C)CN)CCCC2)n1. The molecule has 1 saturated carbocycles. The van der Waals surface area contributed by atoms with Crippen LogP contribution in [0.5, 0.6) is 0 Å². The summed E-state index contributed by atoms with van der Waals surface area (Å²) in [6.07, 6.45) is 4.28. The molecule has 0 bridgehead atoms. The van der Waals surface area contributed by atoms with Gasteiger partial charge in [-0.25, -0.2) is 4.98 Å². The summed E-state index contributed by atoms with van der Waals surface area (Å²) >= 11 is 1.65. The number of nitrogens with zero attached hydrogens (tertiary/aromatic N) is 1. The lowest BCUT2D eigenvalue weighted by Crippen LogP contribution is -2.47. The monoisotopic (exact) mass is 267 g/mol. The molecule has 18 heavy (non-hydrogen) atoms. The fourth-order valence-corrected chi connectivity index (χ4v) is 3.42. The summed E-state index contributed by atoms with van der Waals surface area (Å²) in [7, 11) is 0. The van der Waals surface area contributed by atoms with E-state index in [0.29, 0.717) is 6.54 Å². The van der Waals surface area contributed by atoms with Gasteiger partial charge in [0.2, 0.25) is 5.91 Å². The van der Waals surface area contributed by atoms with Crippen LogP contribution >= 0.6 is 11.3 Å². The number of thiazole rings is 1. The molecule has 0 aliphatic heterocycles. The molecule has 2 rings (SSSR count). The van der Waals surface area contributed by atoms with Crippen LogP contribution in [0.4, 0.5) is 0 Å². The van der Waals surface area contributed by atoms with E-state index in [1.807, 2.05) is 19.2 Å². The summed E-state index contributed by atoms with van der Waals surface area (Å²) in [5.41, 5.74) is 6.35. The maximum atomic E-state index is 12.1. The van der Waals surface area contributed by atoms with Gasteiger partial charge < -0.3 is 11.1 Å². The van der Waals surface area contributed by atoms with Gasteiger partial charge in [-0.15, -0.1) is 11.3 Å². The van der Waals surface area contributed by atoms with E-state index >= 15 is 0 Å². The topological polar surface area (TPSA) is 68.0 Å². The molecule has 1 amide bonds. The molecule has 4 nitrogen and oxygen atoms in total. The van der Waals surface area contributed by atoms with Crippen LogP contribution in [0.15, 0.2) is 5.38 Å². The molecule has 0 aromatic carbocycles. The van der Waals surface area contributed by atoms with Crippen molar-refractivity contribution in [3.63, 3.8) is 0 Å². The van der Waals surface area contributed by atoms with E-state index in [2.05, 4.69) is 10.3 Å². The van der Waals surface area contributed by atoms with Gasteiger partial charge in [0, 0.05) is 23.5 Å². The minimum atomic E-state index is -0.237. The Morgan fingerprint density at radius 2 is 2.28 bits per heavy atom. The predicted octanol–water partition coefficient (Wildman–Crippen LogP) is 1.93. The second kappa shape index (κ2) is 5.36. The Morgan fingerprint density at radius 1 is 1.61 bits per heavy atom. The molecular formula is C13H21N3OS. The van der Waals surface area contributed by atoms with E-state index in [4.69, 9.17) is 5.73 Å². The maximum absolute atomic E-state index is 12.1. The molecule has 1 aliphatic carbocycles. The number of rotatable bonds is 4. The Labute approximate surface area is 112 Å². The van der Waals surface area contributed by atoms with Gasteiger partial charge >= 0.3 is 0 Å². The van der Waals surface area contributed by atoms with E-state index in [-0.39, 0.29) is 17.4 Å².